The van der Waals surface area contributed by atoms with Gasteiger partial charge in [0.2, 0.25) is 11.8 Å². The zero-order chi connectivity index (χ0) is 19.6. The van der Waals surface area contributed by atoms with Crippen molar-refractivity contribution in [1.82, 2.24) is 14.8 Å². The maximum absolute atomic E-state index is 13.0. The fraction of sp³-hybridized carbons (Fsp3) is 0.381. The molecule has 2 aromatic rings. The molecule has 7 heteroatoms. The summed E-state index contributed by atoms with van der Waals surface area (Å²) in [6.45, 7) is 2.40. The van der Waals surface area contributed by atoms with Crippen LogP contribution in [0.1, 0.15) is 18.5 Å². The number of aromatic nitrogens is 1. The summed E-state index contributed by atoms with van der Waals surface area (Å²) < 4.78 is 13.0. The van der Waals surface area contributed by atoms with Gasteiger partial charge < -0.3 is 15.1 Å². The number of nitrogens with zero attached hydrogens (tertiary/aromatic N) is 3. The lowest BCUT2D eigenvalue weighted by atomic mass is 9.85. The highest BCUT2D eigenvalue weighted by atomic mass is 19.1. The predicted octanol–water partition coefficient (Wildman–Crippen LogP) is 2.28. The number of nitrogens with one attached hydrogen (secondary N) is 1. The highest BCUT2D eigenvalue weighted by Gasteiger charge is 2.51. The summed E-state index contributed by atoms with van der Waals surface area (Å²) in [4.78, 5) is 33.5. The van der Waals surface area contributed by atoms with Gasteiger partial charge in [-0.15, -0.1) is 0 Å². The number of halogens is 1. The van der Waals surface area contributed by atoms with Crippen LogP contribution < -0.4 is 5.32 Å². The van der Waals surface area contributed by atoms with Crippen molar-refractivity contribution in [3.8, 4) is 0 Å². The third-order valence-electron chi connectivity index (χ3n) is 5.67. The van der Waals surface area contributed by atoms with Crippen molar-refractivity contribution in [2.45, 2.75) is 19.4 Å². The quantitative estimate of drug-likeness (QED) is 0.862. The molecule has 1 atom stereocenters. The molecule has 4 rings (SSSR count). The number of likely N-dealkylation sites (tertiary alicyclic amines) is 2. The van der Waals surface area contributed by atoms with Crippen molar-refractivity contribution < 1.29 is 14.0 Å². The summed E-state index contributed by atoms with van der Waals surface area (Å²) in [5, 5.41) is 3.02. The Kier molecular flexibility index (Phi) is 4.98. The van der Waals surface area contributed by atoms with Crippen molar-refractivity contribution in [1.29, 1.82) is 0 Å². The molecule has 2 aliphatic heterocycles. The number of carbonyl (C=O) groups is 2. The SMILES string of the molecule is O=C(CNc1ccc(F)cc1)N1CCC2(CCN(Cc3ccccn3)C2=O)C1. The van der Waals surface area contributed by atoms with Crippen LogP contribution in [0.2, 0.25) is 0 Å². The first-order chi connectivity index (χ1) is 13.6. The van der Waals surface area contributed by atoms with Crippen LogP contribution in [-0.2, 0) is 16.1 Å². The second-order valence-electron chi connectivity index (χ2n) is 7.50. The van der Waals surface area contributed by atoms with E-state index in [0.717, 1.165) is 12.1 Å². The average Bonchev–Trinajstić information content (AvgIpc) is 3.28. The van der Waals surface area contributed by atoms with Crippen LogP contribution in [-0.4, -0.2) is 52.8 Å². The van der Waals surface area contributed by atoms with Gasteiger partial charge in [0.25, 0.3) is 0 Å². The number of anilines is 1. The molecule has 2 saturated heterocycles. The van der Waals surface area contributed by atoms with Crippen molar-refractivity contribution in [2.24, 2.45) is 5.41 Å². The Balaban J connectivity index is 1.33. The lowest BCUT2D eigenvalue weighted by Gasteiger charge is -2.23. The number of benzene rings is 1. The monoisotopic (exact) mass is 382 g/mol. The maximum Gasteiger partial charge on any atom is 0.241 e. The van der Waals surface area contributed by atoms with Crippen LogP contribution in [0.5, 0.6) is 0 Å². The predicted molar refractivity (Wildman–Crippen MR) is 103 cm³/mol. The Morgan fingerprint density at radius 2 is 1.93 bits per heavy atom. The fourth-order valence-electron chi connectivity index (χ4n) is 4.05. The highest BCUT2D eigenvalue weighted by Crippen LogP contribution is 2.41. The van der Waals surface area contributed by atoms with Gasteiger partial charge in [0.15, 0.2) is 0 Å². The average molecular weight is 382 g/mol. The molecule has 1 aromatic heterocycles. The minimum absolute atomic E-state index is 0.0443. The van der Waals surface area contributed by atoms with Crippen molar-refractivity contribution in [3.05, 3.63) is 60.2 Å². The normalized spacial score (nSPS) is 21.5. The molecule has 28 heavy (non-hydrogen) atoms. The minimum atomic E-state index is -0.458. The largest absolute Gasteiger partial charge is 0.376 e. The Labute approximate surface area is 163 Å². The molecule has 0 saturated carbocycles. The molecule has 6 nitrogen and oxygen atoms in total. The first kappa shape index (κ1) is 18.4. The Morgan fingerprint density at radius 1 is 1.14 bits per heavy atom. The van der Waals surface area contributed by atoms with Gasteiger partial charge in [-0.25, -0.2) is 4.39 Å². The van der Waals surface area contributed by atoms with E-state index in [9.17, 15) is 14.0 Å². The summed E-state index contributed by atoms with van der Waals surface area (Å²) in [6.07, 6.45) is 3.20. The zero-order valence-electron chi connectivity index (χ0n) is 15.6. The molecule has 0 bridgehead atoms. The number of amides is 2. The number of hydrogen-bond donors (Lipinski definition) is 1. The van der Waals surface area contributed by atoms with Gasteiger partial charge in [-0.3, -0.25) is 14.6 Å². The van der Waals surface area contributed by atoms with E-state index in [-0.39, 0.29) is 24.2 Å². The molecule has 0 radical (unpaired) electrons. The van der Waals surface area contributed by atoms with Gasteiger partial charge in [0, 0.05) is 31.5 Å². The molecule has 1 aromatic carbocycles. The van der Waals surface area contributed by atoms with Crippen LogP contribution in [0.4, 0.5) is 10.1 Å². The Hall–Kier alpha value is -2.96. The van der Waals surface area contributed by atoms with E-state index in [2.05, 4.69) is 10.3 Å². The van der Waals surface area contributed by atoms with Gasteiger partial charge in [-0.2, -0.15) is 0 Å². The standard InChI is InChI=1S/C21H23FN4O2/c22-16-4-6-17(7-5-16)24-13-19(27)26-12-9-21(15-26)8-11-25(20(21)28)14-18-3-1-2-10-23-18/h1-7,10,24H,8-9,11-15H2. The van der Waals surface area contributed by atoms with Crippen molar-refractivity contribution in [3.63, 3.8) is 0 Å². The Bertz CT molecular complexity index is 858. The van der Waals surface area contributed by atoms with E-state index in [1.807, 2.05) is 23.1 Å². The van der Waals surface area contributed by atoms with E-state index >= 15 is 0 Å². The third kappa shape index (κ3) is 3.69. The maximum atomic E-state index is 13.0. The van der Waals surface area contributed by atoms with Gasteiger partial charge in [-0.05, 0) is 49.2 Å². The molecule has 146 valence electrons. The van der Waals surface area contributed by atoms with E-state index in [1.54, 1.807) is 23.2 Å². The first-order valence-corrected chi connectivity index (χ1v) is 9.52. The summed E-state index contributed by atoms with van der Waals surface area (Å²) >= 11 is 0. The number of pyridine rings is 1. The number of rotatable bonds is 5. The van der Waals surface area contributed by atoms with E-state index in [0.29, 0.717) is 38.3 Å². The molecule has 1 N–H and O–H groups in total. The van der Waals surface area contributed by atoms with Gasteiger partial charge in [-0.1, -0.05) is 6.07 Å². The zero-order valence-corrected chi connectivity index (χ0v) is 15.6. The molecule has 0 aliphatic carbocycles. The van der Waals surface area contributed by atoms with Gasteiger partial charge in [0.05, 0.1) is 24.2 Å². The molecule has 2 amide bonds. The van der Waals surface area contributed by atoms with Crippen molar-refractivity contribution >= 4 is 17.5 Å². The number of carbonyl (C=O) groups excluding carboxylic acids is 2. The lowest BCUT2D eigenvalue weighted by molar-refractivity contribution is -0.136. The second kappa shape index (κ2) is 7.58. The van der Waals surface area contributed by atoms with Crippen LogP contribution >= 0.6 is 0 Å². The van der Waals surface area contributed by atoms with E-state index < -0.39 is 5.41 Å². The van der Waals surface area contributed by atoms with Crippen LogP contribution in [0, 0.1) is 11.2 Å². The molecule has 2 fully saturated rings. The molecular weight excluding hydrogens is 359 g/mol. The topological polar surface area (TPSA) is 65.5 Å². The lowest BCUT2D eigenvalue weighted by Crippen LogP contribution is -2.39. The minimum Gasteiger partial charge on any atom is -0.376 e. The molecule has 1 spiro atoms. The smallest absolute Gasteiger partial charge is 0.241 e. The first-order valence-electron chi connectivity index (χ1n) is 9.52. The van der Waals surface area contributed by atoms with E-state index in [1.165, 1.54) is 12.1 Å². The van der Waals surface area contributed by atoms with Gasteiger partial charge in [0.1, 0.15) is 5.82 Å². The summed E-state index contributed by atoms with van der Waals surface area (Å²) in [7, 11) is 0. The fourth-order valence-corrected chi connectivity index (χ4v) is 4.05. The third-order valence-corrected chi connectivity index (χ3v) is 5.67. The molecular formula is C21H23FN4O2. The second-order valence-corrected chi connectivity index (χ2v) is 7.50. The Morgan fingerprint density at radius 3 is 2.68 bits per heavy atom. The van der Waals surface area contributed by atoms with Crippen molar-refractivity contribution in [2.75, 3.05) is 31.5 Å². The number of hydrogen-bond acceptors (Lipinski definition) is 4. The molecule has 3 heterocycles. The summed E-state index contributed by atoms with van der Waals surface area (Å²) in [5.41, 5.74) is 1.12. The van der Waals surface area contributed by atoms with Crippen LogP contribution in [0.3, 0.4) is 0 Å². The molecule has 2 aliphatic rings. The van der Waals surface area contributed by atoms with E-state index in [4.69, 9.17) is 0 Å². The van der Waals surface area contributed by atoms with Crippen LogP contribution in [0.15, 0.2) is 48.7 Å². The van der Waals surface area contributed by atoms with Gasteiger partial charge >= 0.3 is 0 Å². The van der Waals surface area contributed by atoms with Crippen LogP contribution in [0.25, 0.3) is 0 Å². The summed E-state index contributed by atoms with van der Waals surface area (Å²) in [6, 6.07) is 11.6. The summed E-state index contributed by atoms with van der Waals surface area (Å²) in [5.74, 6) is -0.231. The highest BCUT2D eigenvalue weighted by molar-refractivity contribution is 5.88. The molecule has 1 unspecified atom stereocenters.